The lowest BCUT2D eigenvalue weighted by Crippen LogP contribution is -2.31. The summed E-state index contributed by atoms with van der Waals surface area (Å²) in [7, 11) is 0. The number of hydrogen-bond donors (Lipinski definition) is 1. The third kappa shape index (κ3) is 9.83. The highest BCUT2D eigenvalue weighted by Crippen LogP contribution is 2.21. The number of rotatable bonds is 1. The van der Waals surface area contributed by atoms with E-state index in [0.29, 0.717) is 6.61 Å². The Morgan fingerprint density at radius 3 is 1.67 bits per heavy atom. The Labute approximate surface area is 112 Å². The van der Waals surface area contributed by atoms with Crippen LogP contribution >= 0.6 is 0 Å². The quantitative estimate of drug-likeness (QED) is 0.789. The Bertz CT molecular complexity index is 223. The molecule has 4 nitrogen and oxygen atoms in total. The van der Waals surface area contributed by atoms with E-state index in [1.165, 1.54) is 0 Å². The molecule has 1 aliphatic rings. The Hall–Kier alpha value is -0.160. The van der Waals surface area contributed by atoms with Crippen LogP contribution in [0.2, 0.25) is 0 Å². The molecule has 0 aromatic carbocycles. The van der Waals surface area contributed by atoms with Gasteiger partial charge in [0.05, 0.1) is 24.4 Å². The van der Waals surface area contributed by atoms with Crippen molar-refractivity contribution < 1.29 is 19.3 Å². The van der Waals surface area contributed by atoms with Crippen molar-refractivity contribution >= 4 is 0 Å². The molecule has 1 N–H and O–H groups in total. The SMILES string of the molecule is CC(C)(C)OC(C)(C)C.CC1(C)OCC(CO)O1. The predicted octanol–water partition coefficient (Wildman–Crippen LogP) is 2.73. The van der Waals surface area contributed by atoms with Crippen LogP contribution in [0, 0.1) is 0 Å². The van der Waals surface area contributed by atoms with Crippen molar-refractivity contribution in [2.75, 3.05) is 13.2 Å². The number of aliphatic hydroxyl groups excluding tert-OH is 1. The number of ether oxygens (including phenoxy) is 3. The van der Waals surface area contributed by atoms with E-state index >= 15 is 0 Å². The average Bonchev–Trinajstić information content (AvgIpc) is 2.39. The van der Waals surface area contributed by atoms with E-state index in [1.807, 2.05) is 13.8 Å². The first-order valence-corrected chi connectivity index (χ1v) is 6.47. The summed E-state index contributed by atoms with van der Waals surface area (Å²) in [4.78, 5) is 0. The molecule has 1 saturated heterocycles. The van der Waals surface area contributed by atoms with E-state index in [9.17, 15) is 0 Å². The fourth-order valence-corrected chi connectivity index (χ4v) is 1.77. The van der Waals surface area contributed by atoms with Crippen LogP contribution < -0.4 is 0 Å². The van der Waals surface area contributed by atoms with Gasteiger partial charge in [-0.3, -0.25) is 0 Å². The molecule has 1 aliphatic heterocycles. The molecule has 1 rings (SSSR count). The topological polar surface area (TPSA) is 47.9 Å². The third-order valence-electron chi connectivity index (χ3n) is 1.88. The summed E-state index contributed by atoms with van der Waals surface area (Å²) >= 11 is 0. The lowest BCUT2D eigenvalue weighted by atomic mass is 10.1. The Balaban J connectivity index is 0.000000321. The molecule has 0 aromatic heterocycles. The average molecular weight is 262 g/mol. The van der Waals surface area contributed by atoms with Gasteiger partial charge in [-0.1, -0.05) is 0 Å². The molecule has 110 valence electrons. The van der Waals surface area contributed by atoms with Gasteiger partial charge in [-0.15, -0.1) is 0 Å². The smallest absolute Gasteiger partial charge is 0.163 e. The zero-order valence-corrected chi connectivity index (χ0v) is 13.2. The van der Waals surface area contributed by atoms with E-state index in [1.54, 1.807) is 0 Å². The van der Waals surface area contributed by atoms with Gasteiger partial charge in [-0.05, 0) is 55.4 Å². The summed E-state index contributed by atoms with van der Waals surface area (Å²) < 4.78 is 16.0. The molecule has 0 radical (unpaired) electrons. The van der Waals surface area contributed by atoms with Crippen molar-refractivity contribution in [2.24, 2.45) is 0 Å². The van der Waals surface area contributed by atoms with Gasteiger partial charge in [-0.25, -0.2) is 0 Å². The maximum atomic E-state index is 8.59. The van der Waals surface area contributed by atoms with Crippen molar-refractivity contribution in [1.82, 2.24) is 0 Å². The molecule has 4 heteroatoms. The van der Waals surface area contributed by atoms with Crippen molar-refractivity contribution in [2.45, 2.75) is 78.5 Å². The molecule has 1 unspecified atom stereocenters. The highest BCUT2D eigenvalue weighted by molar-refractivity contribution is 4.69. The number of hydrogen-bond acceptors (Lipinski definition) is 4. The molecular formula is C14H30O4. The molecule has 0 aliphatic carbocycles. The van der Waals surface area contributed by atoms with Gasteiger partial charge in [0, 0.05) is 0 Å². The molecule has 18 heavy (non-hydrogen) atoms. The fraction of sp³-hybridized carbons (Fsp3) is 1.00. The lowest BCUT2D eigenvalue weighted by Gasteiger charge is -2.30. The summed E-state index contributed by atoms with van der Waals surface area (Å²) in [5.74, 6) is -0.493. The summed E-state index contributed by atoms with van der Waals surface area (Å²) in [5, 5.41) is 8.59. The van der Waals surface area contributed by atoms with Crippen LogP contribution in [0.15, 0.2) is 0 Å². The molecule has 1 atom stereocenters. The van der Waals surface area contributed by atoms with Gasteiger partial charge in [0.25, 0.3) is 0 Å². The van der Waals surface area contributed by atoms with Crippen molar-refractivity contribution in [3.63, 3.8) is 0 Å². The standard InChI is InChI=1S/C8H18O.C6H12O3/c1-7(2,3)9-8(4,5)6;1-6(2)8-4-5(3-7)9-6/h1-6H3;5,7H,3-4H2,1-2H3. The lowest BCUT2D eigenvalue weighted by molar-refractivity contribution is -0.142. The first kappa shape index (κ1) is 17.8. The first-order chi connectivity index (χ1) is 7.85. The Morgan fingerprint density at radius 2 is 1.56 bits per heavy atom. The van der Waals surface area contributed by atoms with Crippen LogP contribution in [0.5, 0.6) is 0 Å². The van der Waals surface area contributed by atoms with E-state index in [-0.39, 0.29) is 23.9 Å². The highest BCUT2D eigenvalue weighted by atomic mass is 16.7. The summed E-state index contributed by atoms with van der Waals surface area (Å²) in [6.07, 6.45) is -0.125. The second-order valence-electron chi connectivity index (χ2n) is 6.96. The summed E-state index contributed by atoms with van der Waals surface area (Å²) in [6, 6.07) is 0. The second-order valence-corrected chi connectivity index (χ2v) is 6.96. The molecule has 0 saturated carbocycles. The monoisotopic (exact) mass is 262 g/mol. The van der Waals surface area contributed by atoms with Gasteiger partial charge < -0.3 is 19.3 Å². The largest absolute Gasteiger partial charge is 0.394 e. The zero-order valence-electron chi connectivity index (χ0n) is 13.2. The molecule has 0 amide bonds. The minimum absolute atomic E-state index is 0.0156. The summed E-state index contributed by atoms with van der Waals surface area (Å²) in [5.41, 5.74) is -0.0312. The first-order valence-electron chi connectivity index (χ1n) is 6.47. The molecule has 1 fully saturated rings. The minimum atomic E-state index is -0.493. The van der Waals surface area contributed by atoms with Gasteiger partial charge in [0.15, 0.2) is 5.79 Å². The maximum absolute atomic E-state index is 8.59. The second kappa shape index (κ2) is 6.33. The minimum Gasteiger partial charge on any atom is -0.394 e. The van der Waals surface area contributed by atoms with E-state index < -0.39 is 5.79 Å². The van der Waals surface area contributed by atoms with Gasteiger partial charge >= 0.3 is 0 Å². The van der Waals surface area contributed by atoms with Gasteiger partial charge in [0.2, 0.25) is 0 Å². The molecular weight excluding hydrogens is 232 g/mol. The predicted molar refractivity (Wildman–Crippen MR) is 72.6 cm³/mol. The van der Waals surface area contributed by atoms with Crippen LogP contribution in [-0.4, -0.2) is 41.4 Å². The molecule has 0 spiro atoms. The highest BCUT2D eigenvalue weighted by Gasteiger charge is 2.31. The van der Waals surface area contributed by atoms with Crippen molar-refractivity contribution in [3.05, 3.63) is 0 Å². The van der Waals surface area contributed by atoms with E-state index in [0.717, 1.165) is 0 Å². The van der Waals surface area contributed by atoms with Crippen LogP contribution in [0.3, 0.4) is 0 Å². The maximum Gasteiger partial charge on any atom is 0.163 e. The normalized spacial score (nSPS) is 23.5. The molecule has 1 heterocycles. The molecule has 0 bridgehead atoms. The van der Waals surface area contributed by atoms with Crippen LogP contribution in [0.1, 0.15) is 55.4 Å². The number of aliphatic hydroxyl groups is 1. The Morgan fingerprint density at radius 1 is 1.11 bits per heavy atom. The van der Waals surface area contributed by atoms with E-state index in [4.69, 9.17) is 19.3 Å². The van der Waals surface area contributed by atoms with Crippen LogP contribution in [0.25, 0.3) is 0 Å². The zero-order chi connectivity index (χ0) is 14.6. The van der Waals surface area contributed by atoms with Crippen molar-refractivity contribution in [1.29, 1.82) is 0 Å². The van der Waals surface area contributed by atoms with Gasteiger partial charge in [-0.2, -0.15) is 0 Å². The van der Waals surface area contributed by atoms with Gasteiger partial charge in [0.1, 0.15) is 6.10 Å². The van der Waals surface area contributed by atoms with Crippen molar-refractivity contribution in [3.8, 4) is 0 Å². The Kier molecular flexibility index (Phi) is 6.27. The third-order valence-corrected chi connectivity index (χ3v) is 1.88. The molecule has 0 aromatic rings. The van der Waals surface area contributed by atoms with Crippen LogP contribution in [0.4, 0.5) is 0 Å². The summed E-state index contributed by atoms with van der Waals surface area (Å²) in [6.45, 7) is 16.6. The fourth-order valence-electron chi connectivity index (χ4n) is 1.77. The van der Waals surface area contributed by atoms with E-state index in [2.05, 4.69) is 41.5 Å². The van der Waals surface area contributed by atoms with Crippen LogP contribution in [-0.2, 0) is 14.2 Å².